The standard InChI is InChI=1S/C11H13NO6S/c1-6(13)3-4-11(2)9(10(15)16)12-7(14)5-8(12)19(11,17)18/h3-4,8-9H,5H2,1-2H3,(H,15,16)/b4-3+/t8-,9-,11+/m1/s1. The highest BCUT2D eigenvalue weighted by Crippen LogP contribution is 2.46. The first-order chi connectivity index (χ1) is 8.63. The van der Waals surface area contributed by atoms with Crippen molar-refractivity contribution in [1.29, 1.82) is 0 Å². The highest BCUT2D eigenvalue weighted by Gasteiger charge is 2.68. The van der Waals surface area contributed by atoms with Crippen LogP contribution in [0.3, 0.4) is 0 Å². The van der Waals surface area contributed by atoms with E-state index in [4.69, 9.17) is 0 Å². The van der Waals surface area contributed by atoms with Gasteiger partial charge < -0.3 is 10.0 Å². The molecule has 0 aromatic heterocycles. The molecular formula is C11H13NO6S. The van der Waals surface area contributed by atoms with Gasteiger partial charge in [0.05, 0.1) is 6.42 Å². The van der Waals surface area contributed by atoms with Crippen LogP contribution in [0, 0.1) is 0 Å². The van der Waals surface area contributed by atoms with Crippen molar-refractivity contribution in [3.63, 3.8) is 0 Å². The number of β-lactam (4-membered cyclic amide) rings is 1. The Kier molecular flexibility index (Phi) is 2.81. The number of hydrogen-bond acceptors (Lipinski definition) is 5. The topological polar surface area (TPSA) is 109 Å². The summed E-state index contributed by atoms with van der Waals surface area (Å²) in [5.41, 5.74) is 0. The fraction of sp³-hybridized carbons (Fsp3) is 0.545. The van der Waals surface area contributed by atoms with Crippen molar-refractivity contribution in [2.75, 3.05) is 0 Å². The van der Waals surface area contributed by atoms with E-state index >= 15 is 0 Å². The molecule has 0 bridgehead atoms. The quantitative estimate of drug-likeness (QED) is 0.544. The number of carbonyl (C=O) groups is 3. The molecular weight excluding hydrogens is 274 g/mol. The first kappa shape index (κ1) is 13.7. The number of rotatable bonds is 3. The molecule has 19 heavy (non-hydrogen) atoms. The Balaban J connectivity index is 2.58. The second-order valence-corrected chi connectivity index (χ2v) is 7.39. The Hall–Kier alpha value is -1.70. The number of allylic oxidation sites excluding steroid dienone is 1. The Morgan fingerprint density at radius 1 is 1.47 bits per heavy atom. The van der Waals surface area contributed by atoms with E-state index in [0.29, 0.717) is 0 Å². The van der Waals surface area contributed by atoms with Crippen molar-refractivity contribution in [1.82, 2.24) is 4.90 Å². The zero-order chi connectivity index (χ0) is 14.6. The minimum atomic E-state index is -3.87. The van der Waals surface area contributed by atoms with Gasteiger partial charge in [-0.05, 0) is 19.9 Å². The lowest BCUT2D eigenvalue weighted by Gasteiger charge is -2.35. The van der Waals surface area contributed by atoms with Gasteiger partial charge in [-0.2, -0.15) is 0 Å². The molecule has 0 radical (unpaired) electrons. The van der Waals surface area contributed by atoms with Crippen molar-refractivity contribution >= 4 is 27.5 Å². The lowest BCUT2D eigenvalue weighted by Crippen LogP contribution is -2.57. The Morgan fingerprint density at radius 3 is 2.47 bits per heavy atom. The van der Waals surface area contributed by atoms with Gasteiger partial charge in [-0.3, -0.25) is 9.59 Å². The molecule has 0 aliphatic carbocycles. The highest BCUT2D eigenvalue weighted by molar-refractivity contribution is 7.94. The first-order valence-corrected chi connectivity index (χ1v) is 7.15. The smallest absolute Gasteiger partial charge is 0.328 e. The van der Waals surface area contributed by atoms with Crippen molar-refractivity contribution in [3.8, 4) is 0 Å². The molecule has 0 unspecified atom stereocenters. The second-order valence-electron chi connectivity index (χ2n) is 4.87. The van der Waals surface area contributed by atoms with Crippen LogP contribution in [-0.4, -0.2) is 52.2 Å². The summed E-state index contributed by atoms with van der Waals surface area (Å²) in [5, 5.41) is 8.11. The van der Waals surface area contributed by atoms with Gasteiger partial charge in [-0.25, -0.2) is 13.2 Å². The number of carboxylic acids is 1. The molecule has 2 aliphatic rings. The molecule has 2 saturated heterocycles. The molecule has 2 rings (SSSR count). The zero-order valence-corrected chi connectivity index (χ0v) is 11.2. The van der Waals surface area contributed by atoms with Crippen LogP contribution >= 0.6 is 0 Å². The SMILES string of the molecule is CC(=O)/C=C/[C@@]1(C)[C@@H](C(=O)O)N2C(=O)C[C@H]2S1(=O)=O. The lowest BCUT2D eigenvalue weighted by atomic mass is 9.96. The van der Waals surface area contributed by atoms with E-state index in [0.717, 1.165) is 17.1 Å². The maximum atomic E-state index is 12.3. The van der Waals surface area contributed by atoms with E-state index in [1.807, 2.05) is 0 Å². The van der Waals surface area contributed by atoms with E-state index < -0.39 is 37.9 Å². The molecule has 0 aromatic carbocycles. The van der Waals surface area contributed by atoms with Crippen molar-refractivity contribution in [2.24, 2.45) is 0 Å². The lowest BCUT2D eigenvalue weighted by molar-refractivity contribution is -0.157. The molecule has 1 N–H and O–H groups in total. The molecule has 0 aromatic rings. The predicted molar refractivity (Wildman–Crippen MR) is 63.8 cm³/mol. The van der Waals surface area contributed by atoms with Crippen LogP contribution in [0.5, 0.6) is 0 Å². The third-order valence-corrected chi connectivity index (χ3v) is 6.32. The normalized spacial score (nSPS) is 36.1. The van der Waals surface area contributed by atoms with Crippen LogP contribution in [-0.2, 0) is 24.2 Å². The summed E-state index contributed by atoms with van der Waals surface area (Å²) in [6.07, 6.45) is 1.91. The van der Waals surface area contributed by atoms with E-state index in [1.165, 1.54) is 13.8 Å². The monoisotopic (exact) mass is 287 g/mol. The number of carboxylic acid groups (broad SMARTS) is 1. The Labute approximate surface area is 109 Å². The van der Waals surface area contributed by atoms with Crippen LogP contribution in [0.4, 0.5) is 0 Å². The van der Waals surface area contributed by atoms with Crippen LogP contribution in [0.1, 0.15) is 20.3 Å². The van der Waals surface area contributed by atoms with Crippen molar-refractivity contribution in [2.45, 2.75) is 36.4 Å². The fourth-order valence-electron chi connectivity index (χ4n) is 2.53. The molecule has 2 aliphatic heterocycles. The van der Waals surface area contributed by atoms with E-state index in [9.17, 15) is 27.9 Å². The van der Waals surface area contributed by atoms with Gasteiger partial charge in [0.1, 0.15) is 10.1 Å². The minimum Gasteiger partial charge on any atom is -0.480 e. The van der Waals surface area contributed by atoms with Gasteiger partial charge in [-0.15, -0.1) is 0 Å². The molecule has 3 atom stereocenters. The molecule has 104 valence electrons. The van der Waals surface area contributed by atoms with Gasteiger partial charge >= 0.3 is 5.97 Å². The Bertz CT molecular complexity index is 607. The molecule has 2 fully saturated rings. The highest BCUT2D eigenvalue weighted by atomic mass is 32.2. The maximum Gasteiger partial charge on any atom is 0.328 e. The first-order valence-electron chi connectivity index (χ1n) is 5.60. The summed E-state index contributed by atoms with van der Waals surface area (Å²) in [7, 11) is -3.87. The number of hydrogen-bond donors (Lipinski definition) is 1. The van der Waals surface area contributed by atoms with E-state index in [2.05, 4.69) is 0 Å². The second kappa shape index (κ2) is 3.89. The summed E-state index contributed by atoms with van der Waals surface area (Å²) >= 11 is 0. The number of amides is 1. The molecule has 2 heterocycles. The van der Waals surface area contributed by atoms with Gasteiger partial charge in [0.2, 0.25) is 5.91 Å². The van der Waals surface area contributed by atoms with Crippen LogP contribution in [0.2, 0.25) is 0 Å². The third-order valence-electron chi connectivity index (χ3n) is 3.62. The van der Waals surface area contributed by atoms with E-state index in [1.54, 1.807) is 0 Å². The molecule has 8 heteroatoms. The molecule has 1 amide bonds. The largest absolute Gasteiger partial charge is 0.480 e. The minimum absolute atomic E-state index is 0.199. The number of aliphatic carboxylic acids is 1. The maximum absolute atomic E-state index is 12.3. The zero-order valence-electron chi connectivity index (χ0n) is 10.4. The average Bonchev–Trinajstić information content (AvgIpc) is 2.41. The molecule has 0 spiro atoms. The van der Waals surface area contributed by atoms with E-state index in [-0.39, 0.29) is 12.2 Å². The third kappa shape index (κ3) is 1.62. The van der Waals surface area contributed by atoms with Crippen molar-refractivity contribution < 1.29 is 27.9 Å². The number of ketones is 1. The van der Waals surface area contributed by atoms with Gasteiger partial charge in [0.25, 0.3) is 0 Å². The number of carbonyl (C=O) groups excluding carboxylic acids is 2. The molecule has 7 nitrogen and oxygen atoms in total. The van der Waals surface area contributed by atoms with Crippen LogP contribution < -0.4 is 0 Å². The predicted octanol–water partition coefficient (Wildman–Crippen LogP) is -0.670. The Morgan fingerprint density at radius 2 is 2.05 bits per heavy atom. The molecule has 0 saturated carbocycles. The number of sulfone groups is 1. The van der Waals surface area contributed by atoms with Crippen LogP contribution in [0.25, 0.3) is 0 Å². The summed E-state index contributed by atoms with van der Waals surface area (Å²) in [6, 6.07) is -1.49. The summed E-state index contributed by atoms with van der Waals surface area (Å²) in [4.78, 5) is 34.6. The van der Waals surface area contributed by atoms with Gasteiger partial charge in [0.15, 0.2) is 21.7 Å². The summed E-state index contributed by atoms with van der Waals surface area (Å²) in [5.74, 6) is -2.28. The average molecular weight is 287 g/mol. The summed E-state index contributed by atoms with van der Waals surface area (Å²) < 4.78 is 22.9. The summed E-state index contributed by atoms with van der Waals surface area (Å²) in [6.45, 7) is 2.46. The van der Waals surface area contributed by atoms with Crippen LogP contribution in [0.15, 0.2) is 12.2 Å². The number of fused-ring (bicyclic) bond motifs is 1. The van der Waals surface area contributed by atoms with Gasteiger partial charge in [0, 0.05) is 0 Å². The fourth-order valence-corrected chi connectivity index (χ4v) is 4.80. The van der Waals surface area contributed by atoms with Gasteiger partial charge in [-0.1, -0.05) is 6.08 Å². The number of nitrogens with zero attached hydrogens (tertiary/aromatic N) is 1. The van der Waals surface area contributed by atoms with Crippen molar-refractivity contribution in [3.05, 3.63) is 12.2 Å².